The van der Waals surface area contributed by atoms with E-state index >= 15 is 0 Å². The van der Waals surface area contributed by atoms with E-state index in [2.05, 4.69) is 16.7 Å². The van der Waals surface area contributed by atoms with Gasteiger partial charge >= 0.3 is 0 Å². The van der Waals surface area contributed by atoms with E-state index in [-0.39, 0.29) is 17.4 Å². The second-order valence-electron chi connectivity index (χ2n) is 4.44. The third-order valence-electron chi connectivity index (χ3n) is 1.61. The summed E-state index contributed by atoms with van der Waals surface area (Å²) in [5, 5.41) is 14.2. The van der Waals surface area contributed by atoms with Crippen LogP contribution in [0, 0.1) is 17.2 Å². The van der Waals surface area contributed by atoms with Gasteiger partial charge in [0, 0.05) is 12.1 Å². The normalized spacial score (nSPS) is 13.1. The molecule has 14 heavy (non-hydrogen) atoms. The molecule has 2 N–H and O–H groups in total. The molecular formula is C10H19N3O. The summed E-state index contributed by atoms with van der Waals surface area (Å²) in [6, 6.07) is 2.06. The van der Waals surface area contributed by atoms with E-state index in [9.17, 15) is 4.79 Å². The van der Waals surface area contributed by atoms with Gasteiger partial charge in [-0.3, -0.25) is 4.79 Å². The van der Waals surface area contributed by atoms with Gasteiger partial charge in [-0.15, -0.1) is 0 Å². The van der Waals surface area contributed by atoms with Gasteiger partial charge in [0.25, 0.3) is 0 Å². The molecule has 0 fully saturated rings. The van der Waals surface area contributed by atoms with Crippen LogP contribution in [-0.4, -0.2) is 24.5 Å². The third-order valence-corrected chi connectivity index (χ3v) is 1.61. The fourth-order valence-corrected chi connectivity index (χ4v) is 0.721. The number of amides is 1. The van der Waals surface area contributed by atoms with Gasteiger partial charge in [0.1, 0.15) is 0 Å². The summed E-state index contributed by atoms with van der Waals surface area (Å²) in [4.78, 5) is 11.2. The molecule has 0 aliphatic heterocycles. The van der Waals surface area contributed by atoms with Crippen molar-refractivity contribution in [1.82, 2.24) is 10.6 Å². The minimum absolute atomic E-state index is 0.0574. The lowest BCUT2D eigenvalue weighted by molar-refractivity contribution is -0.120. The third kappa shape index (κ3) is 7.56. The van der Waals surface area contributed by atoms with Crippen LogP contribution in [0.5, 0.6) is 0 Å². The van der Waals surface area contributed by atoms with E-state index in [1.54, 1.807) is 6.92 Å². The van der Waals surface area contributed by atoms with E-state index in [0.29, 0.717) is 13.1 Å². The molecule has 0 heterocycles. The predicted molar refractivity (Wildman–Crippen MR) is 55.5 cm³/mol. The Morgan fingerprint density at radius 2 is 2.07 bits per heavy atom. The minimum atomic E-state index is -0.131. The Kier molecular flexibility index (Phi) is 5.18. The van der Waals surface area contributed by atoms with Crippen LogP contribution in [0.2, 0.25) is 0 Å². The lowest BCUT2D eigenvalue weighted by atomic mass is 10.1. The molecule has 0 spiro atoms. The van der Waals surface area contributed by atoms with Crippen LogP contribution in [-0.2, 0) is 4.79 Å². The monoisotopic (exact) mass is 197 g/mol. The maximum absolute atomic E-state index is 11.2. The maximum atomic E-state index is 11.2. The second-order valence-corrected chi connectivity index (χ2v) is 4.44. The number of nitriles is 1. The minimum Gasteiger partial charge on any atom is -0.354 e. The highest BCUT2D eigenvalue weighted by molar-refractivity contribution is 5.78. The number of carbonyl (C=O) groups excluding carboxylic acids is 1. The van der Waals surface area contributed by atoms with Crippen LogP contribution < -0.4 is 10.6 Å². The number of hydrogen-bond acceptors (Lipinski definition) is 3. The van der Waals surface area contributed by atoms with Crippen molar-refractivity contribution in [2.75, 3.05) is 13.1 Å². The molecule has 0 radical (unpaired) electrons. The van der Waals surface area contributed by atoms with Crippen molar-refractivity contribution >= 4 is 5.91 Å². The van der Waals surface area contributed by atoms with Gasteiger partial charge in [-0.05, 0) is 27.7 Å². The molecule has 1 amide bonds. The summed E-state index contributed by atoms with van der Waals surface area (Å²) < 4.78 is 0. The molecule has 1 unspecified atom stereocenters. The van der Waals surface area contributed by atoms with Gasteiger partial charge in [-0.2, -0.15) is 5.26 Å². The van der Waals surface area contributed by atoms with Crippen LogP contribution in [0.4, 0.5) is 0 Å². The molecule has 0 rings (SSSR count). The molecule has 0 aromatic heterocycles. The molecule has 0 aliphatic carbocycles. The van der Waals surface area contributed by atoms with Gasteiger partial charge in [0.05, 0.1) is 18.5 Å². The Bertz CT molecular complexity index is 225. The van der Waals surface area contributed by atoms with Crippen molar-refractivity contribution < 1.29 is 4.79 Å². The summed E-state index contributed by atoms with van der Waals surface area (Å²) >= 11 is 0. The standard InChI is InChI=1S/C10H19N3O/c1-8(5-11)6-12-9(14)7-13-10(2,3)4/h8,13H,6-7H2,1-4H3,(H,12,14). The molecule has 0 saturated heterocycles. The number of rotatable bonds is 4. The van der Waals surface area contributed by atoms with E-state index in [0.717, 1.165) is 0 Å². The van der Waals surface area contributed by atoms with Crippen LogP contribution in [0.3, 0.4) is 0 Å². The average molecular weight is 197 g/mol. The lowest BCUT2D eigenvalue weighted by Gasteiger charge is -2.20. The van der Waals surface area contributed by atoms with Gasteiger partial charge < -0.3 is 10.6 Å². The molecule has 80 valence electrons. The number of carbonyl (C=O) groups is 1. The van der Waals surface area contributed by atoms with Crippen molar-refractivity contribution in [3.05, 3.63) is 0 Å². The second kappa shape index (κ2) is 5.61. The fraction of sp³-hybridized carbons (Fsp3) is 0.800. The van der Waals surface area contributed by atoms with E-state index in [1.165, 1.54) is 0 Å². The van der Waals surface area contributed by atoms with Crippen molar-refractivity contribution in [3.8, 4) is 6.07 Å². The van der Waals surface area contributed by atoms with Crippen LogP contribution in [0.15, 0.2) is 0 Å². The Morgan fingerprint density at radius 1 is 1.50 bits per heavy atom. The van der Waals surface area contributed by atoms with Crippen LogP contribution in [0.25, 0.3) is 0 Å². The Morgan fingerprint density at radius 3 is 2.50 bits per heavy atom. The molecule has 0 saturated carbocycles. The highest BCUT2D eigenvalue weighted by Gasteiger charge is 2.11. The first kappa shape index (κ1) is 12.9. The maximum Gasteiger partial charge on any atom is 0.234 e. The molecule has 0 aromatic carbocycles. The predicted octanol–water partition coefficient (Wildman–Crippen LogP) is 0.650. The zero-order chi connectivity index (χ0) is 11.2. The molecule has 0 aromatic rings. The molecule has 0 bridgehead atoms. The molecule has 4 heteroatoms. The highest BCUT2D eigenvalue weighted by Crippen LogP contribution is 1.96. The first-order valence-corrected chi connectivity index (χ1v) is 4.76. The Labute approximate surface area is 85.7 Å². The van der Waals surface area contributed by atoms with Gasteiger partial charge in [0.2, 0.25) is 5.91 Å². The quantitative estimate of drug-likeness (QED) is 0.695. The van der Waals surface area contributed by atoms with Crippen molar-refractivity contribution in [2.45, 2.75) is 33.2 Å². The fourth-order valence-electron chi connectivity index (χ4n) is 0.721. The number of nitrogens with one attached hydrogen (secondary N) is 2. The van der Waals surface area contributed by atoms with E-state index in [1.807, 2.05) is 20.8 Å². The first-order valence-electron chi connectivity index (χ1n) is 4.76. The van der Waals surface area contributed by atoms with Crippen molar-refractivity contribution in [3.63, 3.8) is 0 Å². The van der Waals surface area contributed by atoms with Crippen LogP contribution >= 0.6 is 0 Å². The summed E-state index contributed by atoms with van der Waals surface area (Å²) in [6.45, 7) is 8.48. The first-order chi connectivity index (χ1) is 6.35. The topological polar surface area (TPSA) is 64.9 Å². The zero-order valence-corrected chi connectivity index (χ0v) is 9.35. The Balaban J connectivity index is 3.63. The van der Waals surface area contributed by atoms with Crippen molar-refractivity contribution in [2.24, 2.45) is 5.92 Å². The van der Waals surface area contributed by atoms with Crippen LogP contribution in [0.1, 0.15) is 27.7 Å². The lowest BCUT2D eigenvalue weighted by Crippen LogP contribution is -2.43. The smallest absolute Gasteiger partial charge is 0.234 e. The summed E-state index contributed by atoms with van der Waals surface area (Å²) in [5.74, 6) is -0.199. The molecule has 0 aliphatic rings. The molecule has 4 nitrogen and oxygen atoms in total. The number of nitrogens with zero attached hydrogens (tertiary/aromatic N) is 1. The van der Waals surface area contributed by atoms with Gasteiger partial charge in [-0.1, -0.05) is 0 Å². The summed E-state index contributed by atoms with van der Waals surface area (Å²) in [6.07, 6.45) is 0. The average Bonchev–Trinajstić information content (AvgIpc) is 2.09. The number of hydrogen-bond donors (Lipinski definition) is 2. The highest BCUT2D eigenvalue weighted by atomic mass is 16.1. The van der Waals surface area contributed by atoms with Gasteiger partial charge in [-0.25, -0.2) is 0 Å². The molecule has 1 atom stereocenters. The van der Waals surface area contributed by atoms with E-state index in [4.69, 9.17) is 5.26 Å². The van der Waals surface area contributed by atoms with E-state index < -0.39 is 0 Å². The summed E-state index contributed by atoms with van der Waals surface area (Å²) in [7, 11) is 0. The SMILES string of the molecule is CC(C#N)CNC(=O)CNC(C)(C)C. The largest absolute Gasteiger partial charge is 0.354 e. The Hall–Kier alpha value is -1.08. The van der Waals surface area contributed by atoms with Gasteiger partial charge in [0.15, 0.2) is 0 Å². The summed E-state index contributed by atoms with van der Waals surface area (Å²) in [5.41, 5.74) is -0.0574. The molecular weight excluding hydrogens is 178 g/mol. The zero-order valence-electron chi connectivity index (χ0n) is 9.35. The van der Waals surface area contributed by atoms with Crippen molar-refractivity contribution in [1.29, 1.82) is 5.26 Å².